The zero-order chi connectivity index (χ0) is 18.1. The Kier molecular flexibility index (Phi) is 4.94. The molecule has 2 aromatic carbocycles. The quantitative estimate of drug-likeness (QED) is 0.470. The first kappa shape index (κ1) is 17.7. The van der Waals surface area contributed by atoms with Gasteiger partial charge in [-0.3, -0.25) is 9.59 Å². The molecule has 0 unspecified atom stereocenters. The van der Waals surface area contributed by atoms with Gasteiger partial charge >= 0.3 is 0 Å². The SMILES string of the molecule is Cc1cc(I)cc(C)c1NC(=O)Cn1c(C)c(C=O)c2ccccc21. The summed E-state index contributed by atoms with van der Waals surface area (Å²) in [6.07, 6.45) is 0.861. The molecule has 0 aliphatic rings. The van der Waals surface area contributed by atoms with Crippen LogP contribution in [0, 0.1) is 24.3 Å². The lowest BCUT2D eigenvalue weighted by atomic mass is 10.1. The van der Waals surface area contributed by atoms with E-state index in [1.165, 1.54) is 0 Å². The van der Waals surface area contributed by atoms with Gasteiger partial charge in [0.25, 0.3) is 0 Å². The molecule has 0 saturated carbocycles. The summed E-state index contributed by atoms with van der Waals surface area (Å²) in [5, 5.41) is 3.90. The van der Waals surface area contributed by atoms with E-state index in [-0.39, 0.29) is 12.5 Å². The summed E-state index contributed by atoms with van der Waals surface area (Å²) >= 11 is 2.27. The number of aryl methyl sites for hydroxylation is 2. The summed E-state index contributed by atoms with van der Waals surface area (Å²) in [7, 11) is 0. The lowest BCUT2D eigenvalue weighted by Gasteiger charge is -2.14. The Balaban J connectivity index is 1.94. The summed E-state index contributed by atoms with van der Waals surface area (Å²) in [5.41, 5.74) is 5.29. The number of halogens is 1. The van der Waals surface area contributed by atoms with Crippen molar-refractivity contribution in [2.75, 3.05) is 5.32 Å². The van der Waals surface area contributed by atoms with Gasteiger partial charge < -0.3 is 9.88 Å². The Morgan fingerprint density at radius 2 is 1.80 bits per heavy atom. The highest BCUT2D eigenvalue weighted by Crippen LogP contribution is 2.26. The third kappa shape index (κ3) is 3.33. The molecule has 0 bridgehead atoms. The van der Waals surface area contributed by atoms with E-state index in [9.17, 15) is 9.59 Å². The second-order valence-corrected chi connectivity index (χ2v) is 7.43. The van der Waals surface area contributed by atoms with Crippen LogP contribution in [-0.2, 0) is 11.3 Å². The van der Waals surface area contributed by atoms with Gasteiger partial charge in [-0.1, -0.05) is 18.2 Å². The number of aromatic nitrogens is 1. The molecule has 0 aliphatic carbocycles. The maximum absolute atomic E-state index is 12.6. The summed E-state index contributed by atoms with van der Waals surface area (Å²) in [5.74, 6) is -0.103. The third-order valence-electron chi connectivity index (χ3n) is 4.46. The van der Waals surface area contributed by atoms with Gasteiger partial charge in [0.15, 0.2) is 6.29 Å². The molecular formula is C20H19IN2O2. The fourth-order valence-electron chi connectivity index (χ4n) is 3.24. The standard InChI is InChI=1S/C20H19IN2O2/c1-12-8-15(21)9-13(2)20(12)22-19(25)10-23-14(3)17(11-24)16-6-4-5-7-18(16)23/h4-9,11H,10H2,1-3H3,(H,22,25). The molecule has 0 fully saturated rings. The summed E-state index contributed by atoms with van der Waals surface area (Å²) < 4.78 is 3.04. The van der Waals surface area contributed by atoms with Crippen LogP contribution in [0.25, 0.3) is 10.9 Å². The van der Waals surface area contributed by atoms with Crippen molar-refractivity contribution in [2.24, 2.45) is 0 Å². The Bertz CT molecular complexity index is 966. The Morgan fingerprint density at radius 3 is 2.44 bits per heavy atom. The third-order valence-corrected chi connectivity index (χ3v) is 5.08. The first-order valence-corrected chi connectivity index (χ1v) is 9.10. The number of rotatable bonds is 4. The molecule has 0 aliphatic heterocycles. The average Bonchev–Trinajstić information content (AvgIpc) is 2.83. The molecule has 0 radical (unpaired) electrons. The molecular weight excluding hydrogens is 427 g/mol. The number of benzene rings is 2. The molecule has 5 heteroatoms. The average molecular weight is 446 g/mol. The van der Waals surface area contributed by atoms with Crippen LogP contribution >= 0.6 is 22.6 Å². The predicted octanol–water partition coefficient (Wildman–Crippen LogP) is 4.62. The van der Waals surface area contributed by atoms with Crippen molar-refractivity contribution in [3.63, 3.8) is 0 Å². The molecule has 4 nitrogen and oxygen atoms in total. The molecule has 128 valence electrons. The van der Waals surface area contributed by atoms with E-state index in [0.29, 0.717) is 5.56 Å². The number of fused-ring (bicyclic) bond motifs is 1. The van der Waals surface area contributed by atoms with Crippen LogP contribution in [-0.4, -0.2) is 16.8 Å². The highest BCUT2D eigenvalue weighted by Gasteiger charge is 2.16. The van der Waals surface area contributed by atoms with Crippen LogP contribution in [0.4, 0.5) is 5.69 Å². The number of carbonyl (C=O) groups is 2. The topological polar surface area (TPSA) is 51.1 Å². The van der Waals surface area contributed by atoms with E-state index in [1.807, 2.05) is 61.7 Å². The molecule has 1 amide bonds. The molecule has 3 aromatic rings. The lowest BCUT2D eigenvalue weighted by molar-refractivity contribution is -0.116. The van der Waals surface area contributed by atoms with E-state index >= 15 is 0 Å². The van der Waals surface area contributed by atoms with E-state index in [4.69, 9.17) is 0 Å². The predicted molar refractivity (Wildman–Crippen MR) is 109 cm³/mol. The Morgan fingerprint density at radius 1 is 1.16 bits per heavy atom. The van der Waals surface area contributed by atoms with Crippen molar-refractivity contribution in [1.29, 1.82) is 0 Å². The van der Waals surface area contributed by atoms with Gasteiger partial charge in [-0.25, -0.2) is 0 Å². The maximum Gasteiger partial charge on any atom is 0.244 e. The number of carbonyl (C=O) groups excluding carboxylic acids is 2. The van der Waals surface area contributed by atoms with Crippen molar-refractivity contribution in [3.8, 4) is 0 Å². The maximum atomic E-state index is 12.6. The van der Waals surface area contributed by atoms with Gasteiger partial charge in [-0.2, -0.15) is 0 Å². The number of nitrogens with zero attached hydrogens (tertiary/aromatic N) is 1. The fourth-order valence-corrected chi connectivity index (χ4v) is 4.17. The molecule has 1 N–H and O–H groups in total. The highest BCUT2D eigenvalue weighted by atomic mass is 127. The van der Waals surface area contributed by atoms with Crippen molar-refractivity contribution < 1.29 is 9.59 Å². The first-order chi connectivity index (χ1) is 11.9. The van der Waals surface area contributed by atoms with Gasteiger partial charge in [0, 0.05) is 31.4 Å². The van der Waals surface area contributed by atoms with Crippen LogP contribution in [0.2, 0.25) is 0 Å². The minimum Gasteiger partial charge on any atom is -0.335 e. The number of aldehydes is 1. The minimum atomic E-state index is -0.103. The Hall–Kier alpha value is -2.15. The number of hydrogen-bond donors (Lipinski definition) is 1. The lowest BCUT2D eigenvalue weighted by Crippen LogP contribution is -2.20. The summed E-state index contributed by atoms with van der Waals surface area (Å²) in [6.45, 7) is 6.03. The zero-order valence-corrected chi connectivity index (χ0v) is 16.5. The second-order valence-electron chi connectivity index (χ2n) is 6.18. The molecule has 1 heterocycles. The van der Waals surface area contributed by atoms with E-state index in [1.54, 1.807) is 0 Å². The van der Waals surface area contributed by atoms with Crippen molar-refractivity contribution >= 4 is 51.4 Å². The van der Waals surface area contributed by atoms with Crippen LogP contribution in [0.1, 0.15) is 27.2 Å². The normalized spacial score (nSPS) is 10.9. The number of para-hydroxylation sites is 1. The van der Waals surface area contributed by atoms with Gasteiger partial charge in [0.1, 0.15) is 6.54 Å². The molecule has 0 saturated heterocycles. The van der Waals surface area contributed by atoms with Crippen LogP contribution in [0.3, 0.4) is 0 Å². The van der Waals surface area contributed by atoms with E-state index < -0.39 is 0 Å². The molecule has 1 aromatic heterocycles. The van der Waals surface area contributed by atoms with Crippen LogP contribution in [0.15, 0.2) is 36.4 Å². The Labute approximate surface area is 160 Å². The van der Waals surface area contributed by atoms with Gasteiger partial charge in [-0.05, 0) is 72.7 Å². The van der Waals surface area contributed by atoms with Crippen molar-refractivity contribution in [2.45, 2.75) is 27.3 Å². The molecule has 25 heavy (non-hydrogen) atoms. The van der Waals surface area contributed by atoms with Gasteiger partial charge in [0.05, 0.1) is 0 Å². The summed E-state index contributed by atoms with van der Waals surface area (Å²) in [4.78, 5) is 24.1. The monoisotopic (exact) mass is 446 g/mol. The van der Waals surface area contributed by atoms with Crippen LogP contribution < -0.4 is 5.32 Å². The van der Waals surface area contributed by atoms with E-state index in [0.717, 1.165) is 43.3 Å². The van der Waals surface area contributed by atoms with Crippen molar-refractivity contribution in [3.05, 3.63) is 62.4 Å². The number of hydrogen-bond acceptors (Lipinski definition) is 2. The smallest absolute Gasteiger partial charge is 0.244 e. The minimum absolute atomic E-state index is 0.103. The van der Waals surface area contributed by atoms with Gasteiger partial charge in [0.2, 0.25) is 5.91 Å². The van der Waals surface area contributed by atoms with Gasteiger partial charge in [-0.15, -0.1) is 0 Å². The fraction of sp³-hybridized carbons (Fsp3) is 0.200. The largest absolute Gasteiger partial charge is 0.335 e. The number of amides is 1. The molecule has 3 rings (SSSR count). The molecule has 0 spiro atoms. The first-order valence-electron chi connectivity index (χ1n) is 8.02. The summed E-state index contributed by atoms with van der Waals surface area (Å²) in [6, 6.07) is 11.8. The van der Waals surface area contributed by atoms with Crippen molar-refractivity contribution in [1.82, 2.24) is 4.57 Å². The zero-order valence-electron chi connectivity index (χ0n) is 14.4. The number of nitrogens with one attached hydrogen (secondary N) is 1. The highest BCUT2D eigenvalue weighted by molar-refractivity contribution is 14.1. The number of anilines is 1. The van der Waals surface area contributed by atoms with E-state index in [2.05, 4.69) is 27.9 Å². The molecule has 0 atom stereocenters. The van der Waals surface area contributed by atoms with Crippen LogP contribution in [0.5, 0.6) is 0 Å². The second kappa shape index (κ2) is 7.00.